The summed E-state index contributed by atoms with van der Waals surface area (Å²) in [6.45, 7) is 6.22. The molecule has 0 fully saturated rings. The number of hydrogen-bond donors (Lipinski definition) is 2. The van der Waals surface area contributed by atoms with E-state index in [1.807, 2.05) is 39.0 Å². The highest BCUT2D eigenvalue weighted by molar-refractivity contribution is 5.77. The molecule has 0 heterocycles. The molecule has 1 unspecified atom stereocenters. The molecule has 3 N–H and O–H groups in total. The van der Waals surface area contributed by atoms with Crippen molar-refractivity contribution < 1.29 is 14.3 Å². The predicted molar refractivity (Wildman–Crippen MR) is 78.8 cm³/mol. The van der Waals surface area contributed by atoms with Gasteiger partial charge in [0.2, 0.25) is 0 Å². The van der Waals surface area contributed by atoms with Crippen molar-refractivity contribution in [3.8, 4) is 5.75 Å². The summed E-state index contributed by atoms with van der Waals surface area (Å²) in [5.74, 6) is 0.536. The molecule has 5 nitrogen and oxygen atoms in total. The molecule has 0 aliphatic heterocycles. The second kappa shape index (κ2) is 7.87. The van der Waals surface area contributed by atoms with Crippen LogP contribution in [0.5, 0.6) is 5.75 Å². The molecule has 20 heavy (non-hydrogen) atoms. The average Bonchev–Trinajstić information content (AvgIpc) is 2.37. The molecule has 0 bridgehead atoms. The summed E-state index contributed by atoms with van der Waals surface area (Å²) >= 11 is 0. The van der Waals surface area contributed by atoms with Crippen LogP contribution in [-0.4, -0.2) is 32.3 Å². The molecule has 5 heteroatoms. The zero-order valence-corrected chi connectivity index (χ0v) is 12.6. The molecule has 2 atom stereocenters. The third kappa shape index (κ3) is 5.19. The SMILES string of the molecule is COCC(C)NC(=O)COc1ccc([C@@H](C)N)cc1C. The van der Waals surface area contributed by atoms with Gasteiger partial charge in [0.15, 0.2) is 6.61 Å². The van der Waals surface area contributed by atoms with Crippen LogP contribution >= 0.6 is 0 Å². The summed E-state index contributed by atoms with van der Waals surface area (Å²) in [7, 11) is 1.60. The van der Waals surface area contributed by atoms with Crippen LogP contribution in [0.1, 0.15) is 31.0 Å². The normalized spacial score (nSPS) is 13.7. The third-order valence-corrected chi connectivity index (χ3v) is 2.91. The van der Waals surface area contributed by atoms with Gasteiger partial charge in [-0.1, -0.05) is 12.1 Å². The van der Waals surface area contributed by atoms with E-state index in [2.05, 4.69) is 5.32 Å². The Balaban J connectivity index is 2.51. The fraction of sp³-hybridized carbons (Fsp3) is 0.533. The van der Waals surface area contributed by atoms with Gasteiger partial charge in [0.25, 0.3) is 5.91 Å². The van der Waals surface area contributed by atoms with Crippen LogP contribution in [-0.2, 0) is 9.53 Å². The van der Waals surface area contributed by atoms with E-state index >= 15 is 0 Å². The Labute approximate surface area is 120 Å². The van der Waals surface area contributed by atoms with Gasteiger partial charge in [0.1, 0.15) is 5.75 Å². The van der Waals surface area contributed by atoms with Crippen molar-refractivity contribution in [3.63, 3.8) is 0 Å². The largest absolute Gasteiger partial charge is 0.484 e. The Kier molecular flexibility index (Phi) is 6.48. The van der Waals surface area contributed by atoms with Crippen molar-refractivity contribution in [2.24, 2.45) is 5.73 Å². The van der Waals surface area contributed by atoms with Crippen LogP contribution in [0.25, 0.3) is 0 Å². The number of aryl methyl sites for hydroxylation is 1. The maximum atomic E-state index is 11.7. The second-order valence-corrected chi connectivity index (χ2v) is 5.03. The maximum absolute atomic E-state index is 11.7. The fourth-order valence-corrected chi connectivity index (χ4v) is 1.87. The fourth-order valence-electron chi connectivity index (χ4n) is 1.87. The van der Waals surface area contributed by atoms with E-state index in [1.165, 1.54) is 0 Å². The monoisotopic (exact) mass is 280 g/mol. The molecule has 0 aromatic heterocycles. The summed E-state index contributed by atoms with van der Waals surface area (Å²) < 4.78 is 10.5. The number of rotatable bonds is 7. The van der Waals surface area contributed by atoms with Gasteiger partial charge in [-0.15, -0.1) is 0 Å². The van der Waals surface area contributed by atoms with E-state index in [0.717, 1.165) is 11.1 Å². The zero-order valence-electron chi connectivity index (χ0n) is 12.6. The number of ether oxygens (including phenoxy) is 2. The van der Waals surface area contributed by atoms with Crippen molar-refractivity contribution >= 4 is 5.91 Å². The highest BCUT2D eigenvalue weighted by atomic mass is 16.5. The van der Waals surface area contributed by atoms with Crippen LogP contribution in [0.3, 0.4) is 0 Å². The van der Waals surface area contributed by atoms with E-state index in [0.29, 0.717) is 12.4 Å². The first-order chi connectivity index (χ1) is 9.43. The van der Waals surface area contributed by atoms with Gasteiger partial charge in [-0.2, -0.15) is 0 Å². The maximum Gasteiger partial charge on any atom is 0.258 e. The van der Waals surface area contributed by atoms with Gasteiger partial charge in [0.05, 0.1) is 6.61 Å². The minimum Gasteiger partial charge on any atom is -0.484 e. The van der Waals surface area contributed by atoms with Gasteiger partial charge in [-0.25, -0.2) is 0 Å². The first-order valence-electron chi connectivity index (χ1n) is 6.71. The van der Waals surface area contributed by atoms with E-state index in [4.69, 9.17) is 15.2 Å². The lowest BCUT2D eigenvalue weighted by Gasteiger charge is -2.15. The van der Waals surface area contributed by atoms with Crippen molar-refractivity contribution in [2.75, 3.05) is 20.3 Å². The molecule has 112 valence electrons. The zero-order chi connectivity index (χ0) is 15.1. The first kappa shape index (κ1) is 16.5. The molecular formula is C15H24N2O3. The van der Waals surface area contributed by atoms with Crippen molar-refractivity contribution in [1.29, 1.82) is 0 Å². The third-order valence-electron chi connectivity index (χ3n) is 2.91. The number of benzene rings is 1. The van der Waals surface area contributed by atoms with Crippen LogP contribution in [0.2, 0.25) is 0 Å². The number of nitrogens with two attached hydrogens (primary N) is 1. The van der Waals surface area contributed by atoms with Crippen molar-refractivity contribution in [1.82, 2.24) is 5.32 Å². The van der Waals surface area contributed by atoms with Crippen LogP contribution in [0, 0.1) is 6.92 Å². The summed E-state index contributed by atoms with van der Waals surface area (Å²) in [4.78, 5) is 11.7. The molecule has 1 rings (SSSR count). The summed E-state index contributed by atoms with van der Waals surface area (Å²) in [6, 6.07) is 5.70. The van der Waals surface area contributed by atoms with Crippen LogP contribution in [0.15, 0.2) is 18.2 Å². The number of carbonyl (C=O) groups is 1. The Morgan fingerprint density at radius 1 is 1.40 bits per heavy atom. The van der Waals surface area contributed by atoms with Gasteiger partial charge < -0.3 is 20.5 Å². The van der Waals surface area contributed by atoms with E-state index < -0.39 is 0 Å². The Bertz CT molecular complexity index is 447. The molecular weight excluding hydrogens is 256 g/mol. The van der Waals surface area contributed by atoms with Gasteiger partial charge in [-0.3, -0.25) is 4.79 Å². The van der Waals surface area contributed by atoms with E-state index in [9.17, 15) is 4.79 Å². The number of hydrogen-bond acceptors (Lipinski definition) is 4. The molecule has 1 aromatic rings. The highest BCUT2D eigenvalue weighted by Gasteiger charge is 2.09. The Morgan fingerprint density at radius 2 is 2.10 bits per heavy atom. The lowest BCUT2D eigenvalue weighted by atomic mass is 10.1. The minimum atomic E-state index is -0.162. The number of methoxy groups -OCH3 is 1. The lowest BCUT2D eigenvalue weighted by molar-refractivity contribution is -0.124. The van der Waals surface area contributed by atoms with Gasteiger partial charge >= 0.3 is 0 Å². The minimum absolute atomic E-state index is 0.00752. The summed E-state index contributed by atoms with van der Waals surface area (Å²) in [5, 5.41) is 2.79. The Morgan fingerprint density at radius 3 is 2.65 bits per heavy atom. The smallest absolute Gasteiger partial charge is 0.258 e. The quantitative estimate of drug-likeness (QED) is 0.794. The summed E-state index contributed by atoms with van der Waals surface area (Å²) in [5.41, 5.74) is 7.84. The van der Waals surface area contributed by atoms with Crippen molar-refractivity contribution in [2.45, 2.75) is 32.9 Å². The topological polar surface area (TPSA) is 73.6 Å². The van der Waals surface area contributed by atoms with Crippen molar-refractivity contribution in [3.05, 3.63) is 29.3 Å². The van der Waals surface area contributed by atoms with E-state index in [-0.39, 0.29) is 24.6 Å². The van der Waals surface area contributed by atoms with Gasteiger partial charge in [0, 0.05) is 19.2 Å². The highest BCUT2D eigenvalue weighted by Crippen LogP contribution is 2.21. The van der Waals surface area contributed by atoms with E-state index in [1.54, 1.807) is 7.11 Å². The molecule has 0 radical (unpaired) electrons. The predicted octanol–water partition coefficient (Wildman–Crippen LogP) is 1.54. The van der Waals surface area contributed by atoms with Crippen LogP contribution in [0.4, 0.5) is 0 Å². The number of nitrogens with one attached hydrogen (secondary N) is 1. The molecule has 0 aliphatic rings. The number of amides is 1. The second-order valence-electron chi connectivity index (χ2n) is 5.03. The molecule has 1 aromatic carbocycles. The van der Waals surface area contributed by atoms with Crippen LogP contribution < -0.4 is 15.8 Å². The molecule has 0 saturated heterocycles. The molecule has 1 amide bonds. The summed E-state index contributed by atoms with van der Waals surface area (Å²) in [6.07, 6.45) is 0. The lowest BCUT2D eigenvalue weighted by Crippen LogP contribution is -2.38. The number of carbonyl (C=O) groups excluding carboxylic acids is 1. The molecule has 0 aliphatic carbocycles. The Hall–Kier alpha value is -1.59. The first-order valence-corrected chi connectivity index (χ1v) is 6.71. The standard InChI is InChI=1S/C15H24N2O3/c1-10-7-13(12(3)16)5-6-14(10)20-9-15(18)17-11(2)8-19-4/h5-7,11-12H,8-9,16H2,1-4H3,(H,17,18)/t11?,12-/m1/s1. The molecule has 0 saturated carbocycles. The average molecular weight is 280 g/mol. The molecule has 0 spiro atoms. The van der Waals surface area contributed by atoms with Gasteiger partial charge in [-0.05, 0) is 38.0 Å².